The van der Waals surface area contributed by atoms with Gasteiger partial charge in [0.1, 0.15) is 11.6 Å². The maximum atomic E-state index is 12.8. The summed E-state index contributed by atoms with van der Waals surface area (Å²) >= 11 is 0. The van der Waals surface area contributed by atoms with E-state index in [9.17, 15) is 24.6 Å². The number of ether oxygens (including phenoxy) is 1. The molecule has 37 heavy (non-hydrogen) atoms. The van der Waals surface area contributed by atoms with E-state index in [0.717, 1.165) is 15.1 Å². The van der Waals surface area contributed by atoms with E-state index in [1.54, 1.807) is 6.92 Å². The Hall–Kier alpha value is -3.38. The van der Waals surface area contributed by atoms with Gasteiger partial charge in [-0.2, -0.15) is 0 Å². The number of nitrogens with zero attached hydrogens (tertiary/aromatic N) is 6. The minimum Gasteiger partial charge on any atom is -0.481 e. The van der Waals surface area contributed by atoms with Crippen LogP contribution >= 0.6 is 0 Å². The van der Waals surface area contributed by atoms with Crippen molar-refractivity contribution >= 4 is 33.0 Å². The van der Waals surface area contributed by atoms with Crippen molar-refractivity contribution in [1.82, 2.24) is 35.2 Å². The van der Waals surface area contributed by atoms with Crippen molar-refractivity contribution in [3.63, 3.8) is 0 Å². The van der Waals surface area contributed by atoms with Crippen molar-refractivity contribution in [3.05, 3.63) is 23.8 Å². The number of carbonyl (C=O) groups excluding carboxylic acids is 1. The largest absolute Gasteiger partial charge is 0.481 e. The summed E-state index contributed by atoms with van der Waals surface area (Å²) in [7, 11) is 3.60. The number of aliphatic carboxylic acids is 2. The minimum atomic E-state index is -1.62. The van der Waals surface area contributed by atoms with Gasteiger partial charge in [-0.3, -0.25) is 23.7 Å². The molecule has 3 unspecified atom stereocenters. The third-order valence-corrected chi connectivity index (χ3v) is 4.96. The molecule has 19 heteroatoms. The molecular formula is C18H29B2N9O8. The van der Waals surface area contributed by atoms with E-state index in [4.69, 9.17) is 25.5 Å². The number of aromatic nitrogens is 6. The second-order valence-electron chi connectivity index (χ2n) is 7.92. The van der Waals surface area contributed by atoms with Crippen LogP contribution < -0.4 is 16.7 Å². The zero-order chi connectivity index (χ0) is 27.4. The van der Waals surface area contributed by atoms with E-state index in [1.165, 1.54) is 28.9 Å². The Labute approximate surface area is 213 Å². The number of rotatable bonds is 18. The molecule has 2 aromatic rings. The topological polar surface area (TPSA) is 245 Å². The molecule has 0 saturated carbocycles. The van der Waals surface area contributed by atoms with Crippen LogP contribution in [-0.4, -0.2) is 105 Å². The number of hydrogen-bond donors (Lipinski definition) is 5. The molecule has 0 aliphatic carbocycles. The lowest BCUT2D eigenvalue weighted by Crippen LogP contribution is -2.53. The lowest BCUT2D eigenvalue weighted by Gasteiger charge is -2.25. The van der Waals surface area contributed by atoms with Gasteiger partial charge in [0.05, 0.1) is 43.6 Å². The van der Waals surface area contributed by atoms with E-state index in [-0.39, 0.29) is 39.3 Å². The Kier molecular flexibility index (Phi) is 11.6. The smallest absolute Gasteiger partial charge is 0.396 e. The van der Waals surface area contributed by atoms with Gasteiger partial charge in [-0.05, 0) is 6.92 Å². The van der Waals surface area contributed by atoms with Gasteiger partial charge in [-0.15, -0.1) is 10.2 Å². The molecule has 0 saturated heterocycles. The van der Waals surface area contributed by atoms with Crippen LogP contribution in [0.4, 0.5) is 0 Å². The molecule has 200 valence electrons. The van der Waals surface area contributed by atoms with Gasteiger partial charge in [0.25, 0.3) is 0 Å². The minimum absolute atomic E-state index is 0.0798. The van der Waals surface area contributed by atoms with Gasteiger partial charge in [0, 0.05) is 32.3 Å². The Morgan fingerprint density at radius 2 is 1.70 bits per heavy atom. The third kappa shape index (κ3) is 9.21. The van der Waals surface area contributed by atoms with Gasteiger partial charge in [0.2, 0.25) is 0 Å². The maximum absolute atomic E-state index is 12.8. The standard InChI is InChI=1S/C18H29B2N9O8/c1-3-36-17(34)18(22,4-11-6-28(26-24-11)8-13(15(30)31)19-37-10-21)5-12-7-29(27-25-12)9-14(16(32)33)23-20-35-2/h6-7,13-14,23H,3-5,8-10,21-22H2,1-2H3,(H,30,31)(H,32,33). The monoisotopic (exact) mass is 521 g/mol. The number of carboxylic acids is 2. The highest BCUT2D eigenvalue weighted by atomic mass is 16.5. The van der Waals surface area contributed by atoms with Crippen molar-refractivity contribution in [2.24, 2.45) is 11.5 Å². The van der Waals surface area contributed by atoms with E-state index >= 15 is 0 Å². The third-order valence-electron chi connectivity index (χ3n) is 4.96. The average Bonchev–Trinajstić information content (AvgIpc) is 3.47. The molecule has 2 rings (SSSR count). The van der Waals surface area contributed by atoms with Crippen LogP contribution in [-0.2, 0) is 54.4 Å². The molecule has 2 radical (unpaired) electrons. The molecule has 2 aromatic heterocycles. The van der Waals surface area contributed by atoms with Crippen LogP contribution in [0.2, 0.25) is 5.82 Å². The van der Waals surface area contributed by atoms with Crippen molar-refractivity contribution < 1.29 is 38.6 Å². The first kappa shape index (κ1) is 29.8. The Balaban J connectivity index is 2.16. The van der Waals surface area contributed by atoms with Crippen molar-refractivity contribution in [2.45, 2.75) is 50.3 Å². The van der Waals surface area contributed by atoms with Crippen LogP contribution in [0.5, 0.6) is 0 Å². The Morgan fingerprint density at radius 3 is 2.19 bits per heavy atom. The quantitative estimate of drug-likeness (QED) is 0.0728. The molecule has 7 N–H and O–H groups in total. The fourth-order valence-electron chi connectivity index (χ4n) is 3.24. The Morgan fingerprint density at radius 1 is 1.11 bits per heavy atom. The number of esters is 1. The lowest BCUT2D eigenvalue weighted by atomic mass is 9.80. The van der Waals surface area contributed by atoms with Crippen LogP contribution in [0.1, 0.15) is 18.3 Å². The molecule has 0 bridgehead atoms. The fraction of sp³-hybridized carbons (Fsp3) is 0.611. The fourth-order valence-corrected chi connectivity index (χ4v) is 3.24. The van der Waals surface area contributed by atoms with E-state index in [2.05, 4.69) is 25.9 Å². The van der Waals surface area contributed by atoms with Crippen LogP contribution in [0.15, 0.2) is 12.4 Å². The zero-order valence-electron chi connectivity index (χ0n) is 20.4. The first-order chi connectivity index (χ1) is 17.6. The van der Waals surface area contributed by atoms with Gasteiger partial charge >= 0.3 is 33.0 Å². The first-order valence-electron chi connectivity index (χ1n) is 11.1. The predicted molar refractivity (Wildman–Crippen MR) is 126 cm³/mol. The van der Waals surface area contributed by atoms with Crippen molar-refractivity contribution in [2.75, 3.05) is 20.4 Å². The summed E-state index contributed by atoms with van der Waals surface area (Å²) < 4.78 is 17.3. The molecule has 0 amide bonds. The van der Waals surface area contributed by atoms with Crippen molar-refractivity contribution in [1.29, 1.82) is 0 Å². The highest BCUT2D eigenvalue weighted by Gasteiger charge is 2.38. The van der Waals surface area contributed by atoms with Gasteiger partial charge < -0.3 is 41.0 Å². The molecule has 0 fully saturated rings. The van der Waals surface area contributed by atoms with E-state index in [1.807, 2.05) is 0 Å². The highest BCUT2D eigenvalue weighted by Crippen LogP contribution is 2.18. The summed E-state index contributed by atoms with van der Waals surface area (Å²) in [4.78, 5) is 35.6. The van der Waals surface area contributed by atoms with Gasteiger partial charge in [-0.25, -0.2) is 0 Å². The number of nitrogens with one attached hydrogen (secondary N) is 1. The van der Waals surface area contributed by atoms with Crippen LogP contribution in [0, 0.1) is 0 Å². The second kappa shape index (κ2) is 14.4. The predicted octanol–water partition coefficient (Wildman–Crippen LogP) is -3.44. The molecule has 2 heterocycles. The molecule has 0 aliphatic rings. The van der Waals surface area contributed by atoms with Crippen molar-refractivity contribution in [3.8, 4) is 0 Å². The highest BCUT2D eigenvalue weighted by molar-refractivity contribution is 6.36. The maximum Gasteiger partial charge on any atom is 0.396 e. The summed E-state index contributed by atoms with van der Waals surface area (Å²) in [5.74, 6) is -4.03. The molecular weight excluding hydrogens is 492 g/mol. The zero-order valence-corrected chi connectivity index (χ0v) is 20.4. The molecule has 3 atom stereocenters. The normalized spacial score (nSPS) is 14.4. The van der Waals surface area contributed by atoms with Gasteiger partial charge in [-0.1, -0.05) is 10.4 Å². The Bertz CT molecular complexity index is 968. The molecule has 0 spiro atoms. The SMILES string of the molecule is CCOC(=O)C(N)(Cc1cn(CC([B]OCN)C(=O)O)nn1)Cc1cn(CC(N[B]OC)C(=O)O)nn1. The average molecular weight is 521 g/mol. The summed E-state index contributed by atoms with van der Waals surface area (Å²) in [5.41, 5.74) is 10.7. The van der Waals surface area contributed by atoms with Crippen LogP contribution in [0.25, 0.3) is 0 Å². The second-order valence-corrected chi connectivity index (χ2v) is 7.92. The number of nitrogens with two attached hydrogens (primary N) is 2. The van der Waals surface area contributed by atoms with E-state index in [0.29, 0.717) is 11.4 Å². The molecule has 0 aromatic carbocycles. The summed E-state index contributed by atoms with van der Waals surface area (Å²) in [6, 6.07) is -1.04. The molecule has 0 aliphatic heterocycles. The van der Waals surface area contributed by atoms with E-state index < -0.39 is 35.3 Å². The first-order valence-corrected chi connectivity index (χ1v) is 11.1. The van der Waals surface area contributed by atoms with Crippen LogP contribution in [0.3, 0.4) is 0 Å². The number of carbonyl (C=O) groups is 3. The lowest BCUT2D eigenvalue weighted by molar-refractivity contribution is -0.149. The van der Waals surface area contributed by atoms with Gasteiger partial charge in [0.15, 0.2) is 0 Å². The number of hydrogen-bond acceptors (Lipinski definition) is 13. The summed E-state index contributed by atoms with van der Waals surface area (Å²) in [6.45, 7) is 1.37. The number of carboxylic acid groups (broad SMARTS) is 2. The summed E-state index contributed by atoms with van der Waals surface area (Å²) in [5, 5.41) is 37.0. The molecule has 17 nitrogen and oxygen atoms in total. The summed E-state index contributed by atoms with van der Waals surface area (Å²) in [6.07, 6.45) is 2.71.